The molecule has 4 rings (SSSR count). The van der Waals surface area contributed by atoms with Crippen LogP contribution in [0.1, 0.15) is 31.9 Å². The van der Waals surface area contributed by atoms with Crippen molar-refractivity contribution in [3.05, 3.63) is 10.7 Å². The number of rotatable bonds is 5. The minimum atomic E-state index is -2.76. The zero-order chi connectivity index (χ0) is 17.9. The Balaban J connectivity index is 1.58. The molecular weight excluding hydrogens is 354 g/mol. The van der Waals surface area contributed by atoms with Gasteiger partial charge < -0.3 is 14.9 Å². The monoisotopic (exact) mass is 372 g/mol. The number of aliphatic carboxylic acids is 1. The van der Waals surface area contributed by atoms with Gasteiger partial charge in [0.1, 0.15) is 10.7 Å². The molecule has 9 heteroatoms. The molecule has 0 spiro atoms. The van der Waals surface area contributed by atoms with Gasteiger partial charge in [-0.1, -0.05) is 11.6 Å². The molecule has 0 aromatic carbocycles. The first-order valence-electron chi connectivity index (χ1n) is 8.45. The van der Waals surface area contributed by atoms with Crippen molar-refractivity contribution >= 4 is 29.3 Å². The standard InChI is InChI=1S/C16H19ClF2N4O2/c1-7-2-3-23(7)16-20-13(14(18)19)12(17)15(21-16)22-5-9-8(4-11(24)25)10(9)6-22/h7-10,14H,2-6H2,1H3,(H,24,25)/t7-,8?,9-,10+/m0/s1. The third-order valence-electron chi connectivity index (χ3n) is 5.71. The fraction of sp³-hybridized carbons (Fsp3) is 0.688. The lowest BCUT2D eigenvalue weighted by Gasteiger charge is -2.39. The number of carbonyl (C=O) groups is 1. The van der Waals surface area contributed by atoms with Gasteiger partial charge in [-0.25, -0.2) is 13.8 Å². The Morgan fingerprint density at radius 2 is 2.04 bits per heavy atom. The predicted molar refractivity (Wildman–Crippen MR) is 88.4 cm³/mol. The number of hydrogen-bond acceptors (Lipinski definition) is 5. The van der Waals surface area contributed by atoms with Crippen LogP contribution in [0.4, 0.5) is 20.5 Å². The van der Waals surface area contributed by atoms with Crippen LogP contribution in [-0.4, -0.2) is 46.7 Å². The van der Waals surface area contributed by atoms with Crippen LogP contribution in [0.5, 0.6) is 0 Å². The summed E-state index contributed by atoms with van der Waals surface area (Å²) in [5.74, 6) is 0.601. The normalized spacial score (nSPS) is 30.4. The Morgan fingerprint density at radius 3 is 2.52 bits per heavy atom. The van der Waals surface area contributed by atoms with Crippen molar-refractivity contribution in [2.24, 2.45) is 17.8 Å². The molecule has 1 aromatic heterocycles. The Kier molecular flexibility index (Phi) is 3.97. The number of carboxylic acids is 1. The molecule has 0 amide bonds. The third kappa shape index (κ3) is 2.80. The molecule has 1 unspecified atom stereocenters. The summed E-state index contributed by atoms with van der Waals surface area (Å²) >= 11 is 6.18. The number of fused-ring (bicyclic) bond motifs is 1. The first kappa shape index (κ1) is 16.8. The highest BCUT2D eigenvalue weighted by Crippen LogP contribution is 2.55. The summed E-state index contributed by atoms with van der Waals surface area (Å²) < 4.78 is 26.7. The lowest BCUT2D eigenvalue weighted by atomic mass is 10.1. The number of anilines is 2. The number of nitrogens with zero attached hydrogens (tertiary/aromatic N) is 4. The van der Waals surface area contributed by atoms with Gasteiger partial charge in [0.25, 0.3) is 6.43 Å². The molecule has 1 aromatic rings. The summed E-state index contributed by atoms with van der Waals surface area (Å²) in [7, 11) is 0. The Bertz CT molecular complexity index is 708. The first-order valence-corrected chi connectivity index (χ1v) is 8.83. The minimum absolute atomic E-state index is 0.0944. The molecule has 3 fully saturated rings. The molecule has 4 atom stereocenters. The molecule has 0 bridgehead atoms. The van der Waals surface area contributed by atoms with Crippen molar-refractivity contribution in [1.82, 2.24) is 9.97 Å². The van der Waals surface area contributed by atoms with E-state index in [1.807, 2.05) is 16.7 Å². The van der Waals surface area contributed by atoms with Crippen LogP contribution in [0.2, 0.25) is 5.02 Å². The maximum Gasteiger partial charge on any atom is 0.303 e. The molecular formula is C16H19ClF2N4O2. The summed E-state index contributed by atoms with van der Waals surface area (Å²) in [5.41, 5.74) is -0.427. The molecule has 1 aliphatic carbocycles. The molecule has 2 aliphatic heterocycles. The van der Waals surface area contributed by atoms with E-state index in [0.29, 0.717) is 24.9 Å². The summed E-state index contributed by atoms with van der Waals surface area (Å²) in [4.78, 5) is 23.1. The number of halogens is 3. The van der Waals surface area contributed by atoms with Gasteiger partial charge in [-0.2, -0.15) is 4.98 Å². The van der Waals surface area contributed by atoms with Gasteiger partial charge in [-0.15, -0.1) is 0 Å². The number of piperidine rings is 1. The second-order valence-electron chi connectivity index (χ2n) is 7.17. The van der Waals surface area contributed by atoms with Crippen LogP contribution in [0.3, 0.4) is 0 Å². The molecule has 136 valence electrons. The van der Waals surface area contributed by atoms with Gasteiger partial charge in [0, 0.05) is 32.1 Å². The molecule has 1 N–H and O–H groups in total. The Hall–Kier alpha value is -1.70. The zero-order valence-corrected chi connectivity index (χ0v) is 14.5. The van der Waals surface area contributed by atoms with Crippen LogP contribution in [0.25, 0.3) is 0 Å². The highest BCUT2D eigenvalue weighted by Gasteiger charge is 2.56. The van der Waals surface area contributed by atoms with Crippen LogP contribution in [0, 0.1) is 17.8 Å². The van der Waals surface area contributed by atoms with Gasteiger partial charge >= 0.3 is 5.97 Å². The van der Waals surface area contributed by atoms with Crippen LogP contribution in [-0.2, 0) is 4.79 Å². The van der Waals surface area contributed by atoms with Crippen molar-refractivity contribution in [3.8, 4) is 0 Å². The molecule has 25 heavy (non-hydrogen) atoms. The van der Waals surface area contributed by atoms with E-state index in [1.165, 1.54) is 0 Å². The fourth-order valence-electron chi connectivity index (χ4n) is 4.06. The summed E-state index contributed by atoms with van der Waals surface area (Å²) in [6.07, 6.45) is -1.61. The highest BCUT2D eigenvalue weighted by molar-refractivity contribution is 6.33. The van der Waals surface area contributed by atoms with E-state index < -0.39 is 18.1 Å². The highest BCUT2D eigenvalue weighted by atomic mass is 35.5. The maximum atomic E-state index is 13.4. The minimum Gasteiger partial charge on any atom is -0.481 e. The topological polar surface area (TPSA) is 69.6 Å². The molecule has 6 nitrogen and oxygen atoms in total. The van der Waals surface area contributed by atoms with Crippen molar-refractivity contribution in [3.63, 3.8) is 0 Å². The summed E-state index contributed by atoms with van der Waals surface area (Å²) in [6, 6.07) is 0.228. The Morgan fingerprint density at radius 1 is 1.36 bits per heavy atom. The third-order valence-corrected chi connectivity index (χ3v) is 6.07. The van der Waals surface area contributed by atoms with E-state index in [1.54, 1.807) is 0 Å². The van der Waals surface area contributed by atoms with Crippen LogP contribution < -0.4 is 9.80 Å². The van der Waals surface area contributed by atoms with E-state index in [-0.39, 0.29) is 35.2 Å². The van der Waals surface area contributed by atoms with E-state index in [2.05, 4.69) is 9.97 Å². The number of aromatic nitrogens is 2. The van der Waals surface area contributed by atoms with E-state index in [9.17, 15) is 13.6 Å². The molecule has 3 aliphatic rings. The summed E-state index contributed by atoms with van der Waals surface area (Å²) in [6.45, 7) is 3.97. The fourth-order valence-corrected chi connectivity index (χ4v) is 4.35. The van der Waals surface area contributed by atoms with E-state index in [4.69, 9.17) is 16.7 Å². The molecule has 3 heterocycles. The van der Waals surface area contributed by atoms with E-state index >= 15 is 0 Å². The summed E-state index contributed by atoms with van der Waals surface area (Å²) in [5, 5.41) is 8.82. The van der Waals surface area contributed by atoms with Gasteiger partial charge in [-0.3, -0.25) is 4.79 Å². The van der Waals surface area contributed by atoms with Crippen molar-refractivity contribution in [2.45, 2.75) is 32.2 Å². The van der Waals surface area contributed by atoms with Crippen LogP contribution in [0.15, 0.2) is 0 Å². The van der Waals surface area contributed by atoms with E-state index in [0.717, 1.165) is 13.0 Å². The lowest BCUT2D eigenvalue weighted by Crippen LogP contribution is -2.47. The van der Waals surface area contributed by atoms with Crippen molar-refractivity contribution in [2.75, 3.05) is 29.4 Å². The second kappa shape index (κ2) is 5.93. The molecule has 0 radical (unpaired) electrons. The number of carboxylic acid groups (broad SMARTS) is 1. The number of alkyl halides is 2. The first-order chi connectivity index (χ1) is 11.9. The zero-order valence-electron chi connectivity index (χ0n) is 13.7. The van der Waals surface area contributed by atoms with Gasteiger partial charge in [0.05, 0.1) is 0 Å². The Labute approximate surface area is 148 Å². The largest absolute Gasteiger partial charge is 0.481 e. The second-order valence-corrected chi connectivity index (χ2v) is 7.55. The van der Waals surface area contributed by atoms with Gasteiger partial charge in [-0.05, 0) is 31.1 Å². The predicted octanol–water partition coefficient (Wildman–Crippen LogP) is 2.82. The average molecular weight is 373 g/mol. The smallest absolute Gasteiger partial charge is 0.303 e. The maximum absolute atomic E-state index is 13.4. The molecule has 2 saturated heterocycles. The number of hydrogen-bond donors (Lipinski definition) is 1. The van der Waals surface area contributed by atoms with Crippen molar-refractivity contribution in [1.29, 1.82) is 0 Å². The quantitative estimate of drug-likeness (QED) is 0.857. The molecule has 1 saturated carbocycles. The van der Waals surface area contributed by atoms with Gasteiger partial charge in [0.2, 0.25) is 5.95 Å². The SMILES string of the molecule is C[C@H]1CCN1c1nc(C(F)F)c(Cl)c(N2C[C@@H]3C(CC(=O)O)[C@@H]3C2)n1. The average Bonchev–Trinajstić information content (AvgIpc) is 2.96. The van der Waals surface area contributed by atoms with Crippen molar-refractivity contribution < 1.29 is 18.7 Å². The lowest BCUT2D eigenvalue weighted by molar-refractivity contribution is -0.137. The van der Waals surface area contributed by atoms with Crippen LogP contribution >= 0.6 is 11.6 Å². The van der Waals surface area contributed by atoms with Gasteiger partial charge in [0.15, 0.2) is 5.82 Å².